The first-order valence-corrected chi connectivity index (χ1v) is 12.3. The molecular weight excluding hydrogens is 444 g/mol. The molecule has 0 unspecified atom stereocenters. The van der Waals surface area contributed by atoms with E-state index >= 15 is 0 Å². The average Bonchev–Trinajstić information content (AvgIpc) is 3.19. The molecule has 0 spiro atoms. The molecule has 1 N–H and O–H groups in total. The lowest BCUT2D eigenvalue weighted by Gasteiger charge is -2.24. The van der Waals surface area contributed by atoms with Crippen LogP contribution in [0.2, 0.25) is 0 Å². The van der Waals surface area contributed by atoms with E-state index in [0.29, 0.717) is 10.6 Å². The Morgan fingerprint density at radius 2 is 1.81 bits per heavy atom. The molecule has 0 aliphatic rings. The lowest BCUT2D eigenvalue weighted by molar-refractivity contribution is 0.483. The van der Waals surface area contributed by atoms with Crippen molar-refractivity contribution in [1.82, 2.24) is 4.98 Å². The molecule has 3 aromatic carbocycles. The summed E-state index contributed by atoms with van der Waals surface area (Å²) in [5, 5.41) is 8.99. The van der Waals surface area contributed by atoms with Crippen molar-refractivity contribution in [2.24, 2.45) is 10.2 Å². The molecule has 1 heterocycles. The summed E-state index contributed by atoms with van der Waals surface area (Å²) in [7, 11) is -4.27. The molecular formula is C23H22N4O3S2. The lowest BCUT2D eigenvalue weighted by atomic mass is 10.1. The normalized spacial score (nSPS) is 12.0. The van der Waals surface area contributed by atoms with E-state index in [1.54, 1.807) is 6.07 Å². The number of thiazole rings is 1. The molecule has 32 heavy (non-hydrogen) atoms. The Bertz CT molecular complexity index is 1380. The maximum atomic E-state index is 11.3. The summed E-state index contributed by atoms with van der Waals surface area (Å²) in [5.74, 6) is 0. The summed E-state index contributed by atoms with van der Waals surface area (Å²) >= 11 is 1.30. The van der Waals surface area contributed by atoms with Crippen LogP contribution in [0.1, 0.15) is 18.1 Å². The summed E-state index contributed by atoms with van der Waals surface area (Å²) in [6.45, 7) is 5.83. The minimum Gasteiger partial charge on any atom is -0.367 e. The molecule has 0 aliphatic heterocycles. The van der Waals surface area contributed by atoms with E-state index in [9.17, 15) is 13.0 Å². The fraction of sp³-hybridized carbons (Fsp3) is 0.174. The summed E-state index contributed by atoms with van der Waals surface area (Å²) in [4.78, 5) is 6.41. The number of fused-ring (bicyclic) bond motifs is 1. The first-order chi connectivity index (χ1) is 15.3. The van der Waals surface area contributed by atoms with Crippen LogP contribution in [0.3, 0.4) is 0 Å². The number of aromatic nitrogens is 1. The minimum atomic E-state index is -4.27. The van der Waals surface area contributed by atoms with Crippen LogP contribution < -0.4 is 4.90 Å². The third-order valence-corrected chi connectivity index (χ3v) is 6.80. The summed E-state index contributed by atoms with van der Waals surface area (Å²) in [6, 6.07) is 20.7. The summed E-state index contributed by atoms with van der Waals surface area (Å²) < 4.78 is 32.6. The Morgan fingerprint density at radius 1 is 1.03 bits per heavy atom. The standard InChI is InChI=1S/C23H22N4O3S2/c1-3-27(15-17-7-5-4-6-8-17)18-9-11-20(16(2)13-18)25-26-23-24-21-14-19(32(28,29)30)10-12-22(21)31-23/h4-14H,3,15H2,1-2H3,(H,28,29,30). The van der Waals surface area contributed by atoms with E-state index in [0.717, 1.165) is 34.7 Å². The smallest absolute Gasteiger partial charge is 0.294 e. The highest BCUT2D eigenvalue weighted by Crippen LogP contribution is 2.32. The van der Waals surface area contributed by atoms with Gasteiger partial charge in [0.05, 0.1) is 20.8 Å². The van der Waals surface area contributed by atoms with E-state index in [2.05, 4.69) is 45.2 Å². The third-order valence-electron chi connectivity index (χ3n) is 5.03. The van der Waals surface area contributed by atoms with Gasteiger partial charge in [-0.15, -0.1) is 10.2 Å². The molecule has 0 atom stereocenters. The summed E-state index contributed by atoms with van der Waals surface area (Å²) in [5.41, 5.74) is 4.55. The van der Waals surface area contributed by atoms with Crippen LogP contribution in [-0.4, -0.2) is 24.5 Å². The molecule has 0 aliphatic carbocycles. The van der Waals surface area contributed by atoms with Crippen LogP contribution in [0.5, 0.6) is 0 Å². The van der Waals surface area contributed by atoms with Gasteiger partial charge in [-0.1, -0.05) is 41.7 Å². The van der Waals surface area contributed by atoms with Crippen LogP contribution >= 0.6 is 11.3 Å². The topological polar surface area (TPSA) is 95.2 Å². The second-order valence-electron chi connectivity index (χ2n) is 7.27. The molecule has 0 saturated carbocycles. The fourth-order valence-electron chi connectivity index (χ4n) is 3.33. The number of benzene rings is 3. The molecule has 1 aromatic heterocycles. The van der Waals surface area contributed by atoms with Gasteiger partial charge in [0.15, 0.2) is 0 Å². The van der Waals surface area contributed by atoms with Crippen molar-refractivity contribution in [1.29, 1.82) is 0 Å². The predicted molar refractivity (Wildman–Crippen MR) is 128 cm³/mol. The zero-order valence-electron chi connectivity index (χ0n) is 17.6. The molecule has 0 fully saturated rings. The van der Waals surface area contributed by atoms with Gasteiger partial charge in [0.25, 0.3) is 10.1 Å². The molecule has 4 rings (SSSR count). The van der Waals surface area contributed by atoms with Crippen LogP contribution in [0.4, 0.5) is 16.5 Å². The molecule has 7 nitrogen and oxygen atoms in total. The fourth-order valence-corrected chi connectivity index (χ4v) is 4.60. The number of anilines is 1. The summed E-state index contributed by atoms with van der Waals surface area (Å²) in [6.07, 6.45) is 0. The van der Waals surface area contributed by atoms with Crippen LogP contribution in [0.25, 0.3) is 10.2 Å². The number of hydrogen-bond donors (Lipinski definition) is 1. The quantitative estimate of drug-likeness (QED) is 0.255. The van der Waals surface area contributed by atoms with Crippen LogP contribution in [0, 0.1) is 6.92 Å². The van der Waals surface area contributed by atoms with Gasteiger partial charge < -0.3 is 4.90 Å². The van der Waals surface area contributed by atoms with Crippen LogP contribution in [0.15, 0.2) is 81.9 Å². The average molecular weight is 467 g/mol. The number of nitrogens with zero attached hydrogens (tertiary/aromatic N) is 4. The Morgan fingerprint density at radius 3 is 2.50 bits per heavy atom. The zero-order valence-corrected chi connectivity index (χ0v) is 19.3. The van der Waals surface area contributed by atoms with Crippen molar-refractivity contribution < 1.29 is 13.0 Å². The second-order valence-corrected chi connectivity index (χ2v) is 9.70. The molecule has 0 amide bonds. The molecule has 4 aromatic rings. The Hall–Kier alpha value is -3.14. The van der Waals surface area contributed by atoms with Gasteiger partial charge in [-0.3, -0.25) is 4.55 Å². The zero-order chi connectivity index (χ0) is 22.7. The van der Waals surface area contributed by atoms with Crippen molar-refractivity contribution in [2.75, 3.05) is 11.4 Å². The third kappa shape index (κ3) is 5.01. The van der Waals surface area contributed by atoms with Gasteiger partial charge in [0.1, 0.15) is 0 Å². The number of rotatable bonds is 7. The van der Waals surface area contributed by atoms with Crippen molar-refractivity contribution >= 4 is 48.2 Å². The molecule has 9 heteroatoms. The Balaban J connectivity index is 1.54. The second kappa shape index (κ2) is 9.15. The largest absolute Gasteiger partial charge is 0.367 e. The lowest BCUT2D eigenvalue weighted by Crippen LogP contribution is -2.21. The van der Waals surface area contributed by atoms with Crippen molar-refractivity contribution in [3.05, 3.63) is 77.9 Å². The highest BCUT2D eigenvalue weighted by molar-refractivity contribution is 7.85. The highest BCUT2D eigenvalue weighted by Gasteiger charge is 2.12. The molecule has 0 radical (unpaired) electrons. The first kappa shape index (κ1) is 22.1. The highest BCUT2D eigenvalue weighted by atomic mass is 32.2. The van der Waals surface area contributed by atoms with Gasteiger partial charge in [0.2, 0.25) is 5.13 Å². The van der Waals surface area contributed by atoms with E-state index in [-0.39, 0.29) is 4.90 Å². The SMILES string of the molecule is CCN(Cc1ccccc1)c1ccc(N=Nc2nc3cc(S(=O)(=O)O)ccc3s2)c(C)c1. The van der Waals surface area contributed by atoms with Gasteiger partial charge in [-0.05, 0) is 61.4 Å². The van der Waals surface area contributed by atoms with Crippen molar-refractivity contribution in [2.45, 2.75) is 25.3 Å². The molecule has 0 bridgehead atoms. The Kier molecular flexibility index (Phi) is 6.31. The number of azo groups is 1. The van der Waals surface area contributed by atoms with Gasteiger partial charge >= 0.3 is 0 Å². The van der Waals surface area contributed by atoms with Crippen LogP contribution in [-0.2, 0) is 16.7 Å². The Labute approximate surface area is 190 Å². The predicted octanol–water partition coefficient (Wildman–Crippen LogP) is 6.29. The molecule has 0 saturated heterocycles. The van der Waals surface area contributed by atoms with Crippen molar-refractivity contribution in [3.8, 4) is 0 Å². The monoisotopic (exact) mass is 466 g/mol. The number of hydrogen-bond acceptors (Lipinski definition) is 7. The van der Waals surface area contributed by atoms with Gasteiger partial charge in [-0.2, -0.15) is 8.42 Å². The van der Waals surface area contributed by atoms with Gasteiger partial charge in [0, 0.05) is 18.8 Å². The van der Waals surface area contributed by atoms with Crippen molar-refractivity contribution in [3.63, 3.8) is 0 Å². The van der Waals surface area contributed by atoms with E-state index < -0.39 is 10.1 Å². The van der Waals surface area contributed by atoms with Gasteiger partial charge in [-0.25, -0.2) is 4.98 Å². The van der Waals surface area contributed by atoms with E-state index in [1.807, 2.05) is 37.3 Å². The molecule has 164 valence electrons. The maximum absolute atomic E-state index is 11.3. The maximum Gasteiger partial charge on any atom is 0.294 e. The first-order valence-electron chi connectivity index (χ1n) is 10.0. The van der Waals surface area contributed by atoms with E-state index in [4.69, 9.17) is 0 Å². The minimum absolute atomic E-state index is 0.193. The number of aryl methyl sites for hydroxylation is 1. The van der Waals surface area contributed by atoms with E-state index in [1.165, 1.54) is 29.0 Å².